The van der Waals surface area contributed by atoms with E-state index in [1.54, 1.807) is 30.0 Å². The number of guanidine groups is 1. The second-order valence-electron chi connectivity index (χ2n) is 5.15. The molecule has 0 aliphatic rings. The predicted octanol–water partition coefficient (Wildman–Crippen LogP) is 1.03. The van der Waals surface area contributed by atoms with Crippen LogP contribution >= 0.6 is 11.8 Å². The molecule has 142 valence electrons. The van der Waals surface area contributed by atoms with Crippen molar-refractivity contribution in [2.45, 2.75) is 18.4 Å². The van der Waals surface area contributed by atoms with Crippen molar-refractivity contribution < 1.29 is 13.2 Å². The van der Waals surface area contributed by atoms with E-state index >= 15 is 0 Å². The quantitative estimate of drug-likeness (QED) is 0.298. The Morgan fingerprint density at radius 2 is 2.08 bits per heavy atom. The zero-order chi connectivity index (χ0) is 18.5. The molecular formula is C16H28N4O3S2. The Morgan fingerprint density at radius 3 is 2.76 bits per heavy atom. The number of nitrogens with zero attached hydrogens (tertiary/aromatic N) is 1. The molecule has 25 heavy (non-hydrogen) atoms. The fraction of sp³-hybridized carbons (Fsp3) is 0.562. The normalized spacial score (nSPS) is 12.2. The molecule has 1 rings (SSSR count). The minimum Gasteiger partial charge on any atom is -0.383 e. The van der Waals surface area contributed by atoms with Crippen LogP contribution in [0.5, 0.6) is 0 Å². The van der Waals surface area contributed by atoms with Crippen LogP contribution in [0.4, 0.5) is 0 Å². The molecule has 0 unspecified atom stereocenters. The highest BCUT2D eigenvalue weighted by atomic mass is 32.2. The second kappa shape index (κ2) is 12.1. The van der Waals surface area contributed by atoms with E-state index < -0.39 is 10.0 Å². The Bertz CT molecular complexity index is 636. The van der Waals surface area contributed by atoms with Gasteiger partial charge in [0.05, 0.1) is 18.0 Å². The SMILES string of the molecule is CCNC(=NCc1cccc(S(=O)(=O)NCCOC)c1)NCCSC. The van der Waals surface area contributed by atoms with E-state index in [-0.39, 0.29) is 11.4 Å². The first-order valence-electron chi connectivity index (χ1n) is 8.12. The van der Waals surface area contributed by atoms with Gasteiger partial charge in [-0.05, 0) is 30.9 Å². The maximum atomic E-state index is 12.2. The summed E-state index contributed by atoms with van der Waals surface area (Å²) in [6.07, 6.45) is 2.05. The van der Waals surface area contributed by atoms with Gasteiger partial charge < -0.3 is 15.4 Å². The van der Waals surface area contributed by atoms with Crippen molar-refractivity contribution in [3.05, 3.63) is 29.8 Å². The molecule has 0 fully saturated rings. The Labute approximate surface area is 155 Å². The summed E-state index contributed by atoms with van der Waals surface area (Å²) in [4.78, 5) is 4.74. The largest absolute Gasteiger partial charge is 0.383 e. The Kier molecular flexibility index (Phi) is 10.6. The molecule has 0 saturated carbocycles. The monoisotopic (exact) mass is 388 g/mol. The number of aliphatic imine (C=N–C) groups is 1. The van der Waals surface area contributed by atoms with Crippen LogP contribution in [0.1, 0.15) is 12.5 Å². The highest BCUT2D eigenvalue weighted by Crippen LogP contribution is 2.12. The number of benzene rings is 1. The lowest BCUT2D eigenvalue weighted by Crippen LogP contribution is -2.38. The Morgan fingerprint density at radius 1 is 1.28 bits per heavy atom. The van der Waals surface area contributed by atoms with Gasteiger partial charge >= 0.3 is 0 Å². The maximum Gasteiger partial charge on any atom is 0.240 e. The minimum atomic E-state index is -3.53. The summed E-state index contributed by atoms with van der Waals surface area (Å²) in [5.41, 5.74) is 0.830. The fourth-order valence-corrected chi connectivity index (χ4v) is 3.35. The van der Waals surface area contributed by atoms with Crippen molar-refractivity contribution in [1.82, 2.24) is 15.4 Å². The lowest BCUT2D eigenvalue weighted by Gasteiger charge is -2.11. The smallest absolute Gasteiger partial charge is 0.240 e. The van der Waals surface area contributed by atoms with Gasteiger partial charge in [-0.25, -0.2) is 18.1 Å². The zero-order valence-corrected chi connectivity index (χ0v) is 16.7. The van der Waals surface area contributed by atoms with Gasteiger partial charge in [0, 0.05) is 32.5 Å². The van der Waals surface area contributed by atoms with Crippen LogP contribution in [0.15, 0.2) is 34.2 Å². The number of sulfonamides is 1. The molecule has 0 aliphatic carbocycles. The van der Waals surface area contributed by atoms with E-state index in [1.165, 1.54) is 7.11 Å². The Hall–Kier alpha value is -1.29. The lowest BCUT2D eigenvalue weighted by molar-refractivity contribution is 0.204. The summed E-state index contributed by atoms with van der Waals surface area (Å²) in [6, 6.07) is 6.81. The molecule has 0 aromatic heterocycles. The van der Waals surface area contributed by atoms with E-state index in [9.17, 15) is 8.42 Å². The molecule has 9 heteroatoms. The van der Waals surface area contributed by atoms with Crippen molar-refractivity contribution in [3.63, 3.8) is 0 Å². The van der Waals surface area contributed by atoms with Gasteiger partial charge in [0.1, 0.15) is 0 Å². The van der Waals surface area contributed by atoms with E-state index in [0.717, 1.165) is 30.4 Å². The van der Waals surface area contributed by atoms with Crippen molar-refractivity contribution in [2.24, 2.45) is 4.99 Å². The third kappa shape index (κ3) is 8.57. The van der Waals surface area contributed by atoms with Gasteiger partial charge in [-0.1, -0.05) is 12.1 Å². The highest BCUT2D eigenvalue weighted by Gasteiger charge is 2.13. The number of hydrogen-bond acceptors (Lipinski definition) is 5. The molecule has 0 radical (unpaired) electrons. The van der Waals surface area contributed by atoms with Crippen LogP contribution in [-0.2, 0) is 21.3 Å². The number of methoxy groups -OCH3 is 1. The molecular weight excluding hydrogens is 360 g/mol. The summed E-state index contributed by atoms with van der Waals surface area (Å²) < 4.78 is 31.9. The van der Waals surface area contributed by atoms with Crippen LogP contribution in [0.2, 0.25) is 0 Å². The Balaban J connectivity index is 2.77. The number of hydrogen-bond donors (Lipinski definition) is 3. The third-order valence-corrected chi connectivity index (χ3v) is 5.24. The number of nitrogens with one attached hydrogen (secondary N) is 3. The van der Waals surface area contributed by atoms with Crippen LogP contribution in [0.3, 0.4) is 0 Å². The average molecular weight is 389 g/mol. The molecule has 1 aromatic rings. The van der Waals surface area contributed by atoms with Crippen molar-refractivity contribution in [3.8, 4) is 0 Å². The molecule has 1 aromatic carbocycles. The second-order valence-corrected chi connectivity index (χ2v) is 7.91. The summed E-state index contributed by atoms with van der Waals surface area (Å²) in [5.74, 6) is 1.72. The standard InChI is InChI=1S/C16H28N4O3S2/c1-4-17-16(18-9-11-24-3)19-13-14-6-5-7-15(12-14)25(21,22)20-8-10-23-2/h5-7,12,20H,4,8-11,13H2,1-3H3,(H2,17,18,19). The average Bonchev–Trinajstić information content (AvgIpc) is 2.60. The predicted molar refractivity (Wildman–Crippen MR) is 105 cm³/mol. The molecule has 7 nitrogen and oxygen atoms in total. The molecule has 3 N–H and O–H groups in total. The van der Waals surface area contributed by atoms with Crippen molar-refractivity contribution in [2.75, 3.05) is 45.4 Å². The highest BCUT2D eigenvalue weighted by molar-refractivity contribution is 7.98. The first-order chi connectivity index (χ1) is 12.0. The summed E-state index contributed by atoms with van der Waals surface area (Å²) >= 11 is 1.76. The van der Waals surface area contributed by atoms with Gasteiger partial charge in [-0.2, -0.15) is 11.8 Å². The van der Waals surface area contributed by atoms with Crippen LogP contribution in [-0.4, -0.2) is 59.7 Å². The molecule has 0 atom stereocenters. The number of thioether (sulfide) groups is 1. The molecule has 0 heterocycles. The van der Waals surface area contributed by atoms with Gasteiger partial charge in [0.25, 0.3) is 0 Å². The summed E-state index contributed by atoms with van der Waals surface area (Å²) in [6.45, 7) is 4.57. The minimum absolute atomic E-state index is 0.233. The first-order valence-corrected chi connectivity index (χ1v) is 11.0. The number of ether oxygens (including phenoxy) is 1. The molecule has 0 aliphatic heterocycles. The van der Waals surface area contributed by atoms with E-state index in [2.05, 4.69) is 26.6 Å². The summed E-state index contributed by atoms with van der Waals surface area (Å²) in [7, 11) is -2.00. The van der Waals surface area contributed by atoms with Gasteiger partial charge in [0.15, 0.2) is 5.96 Å². The van der Waals surface area contributed by atoms with Crippen molar-refractivity contribution >= 4 is 27.7 Å². The molecule has 0 spiro atoms. The van der Waals surface area contributed by atoms with Gasteiger partial charge in [-0.3, -0.25) is 0 Å². The summed E-state index contributed by atoms with van der Waals surface area (Å²) in [5, 5.41) is 6.42. The third-order valence-electron chi connectivity index (χ3n) is 3.17. The molecule has 0 amide bonds. The first kappa shape index (κ1) is 21.8. The molecule has 0 saturated heterocycles. The van der Waals surface area contributed by atoms with E-state index in [4.69, 9.17) is 4.74 Å². The topological polar surface area (TPSA) is 91.8 Å². The maximum absolute atomic E-state index is 12.2. The van der Waals surface area contributed by atoms with Crippen LogP contribution < -0.4 is 15.4 Å². The van der Waals surface area contributed by atoms with Crippen LogP contribution in [0, 0.1) is 0 Å². The van der Waals surface area contributed by atoms with Crippen molar-refractivity contribution in [1.29, 1.82) is 0 Å². The lowest BCUT2D eigenvalue weighted by atomic mass is 10.2. The number of rotatable bonds is 11. The zero-order valence-electron chi connectivity index (χ0n) is 15.0. The molecule has 0 bridgehead atoms. The van der Waals surface area contributed by atoms with E-state index in [1.807, 2.05) is 13.0 Å². The van der Waals surface area contributed by atoms with Gasteiger partial charge in [-0.15, -0.1) is 0 Å². The van der Waals surface area contributed by atoms with Crippen LogP contribution in [0.25, 0.3) is 0 Å². The fourth-order valence-electron chi connectivity index (χ4n) is 1.96. The van der Waals surface area contributed by atoms with Gasteiger partial charge in [0.2, 0.25) is 10.0 Å². The van der Waals surface area contributed by atoms with E-state index in [0.29, 0.717) is 13.2 Å².